The third kappa shape index (κ3) is 5.51. The second-order valence-electron chi connectivity index (χ2n) is 7.07. The number of fused-ring (bicyclic) bond motifs is 1. The van der Waals surface area contributed by atoms with Gasteiger partial charge in [-0.25, -0.2) is 4.79 Å². The summed E-state index contributed by atoms with van der Waals surface area (Å²) in [5.41, 5.74) is 0. The fourth-order valence-electron chi connectivity index (χ4n) is 3.40. The van der Waals surface area contributed by atoms with Crippen LogP contribution in [0.25, 0.3) is 0 Å². The molecule has 1 aliphatic heterocycles. The first-order chi connectivity index (χ1) is 12.8. The van der Waals surface area contributed by atoms with Gasteiger partial charge in [0.1, 0.15) is 0 Å². The van der Waals surface area contributed by atoms with Crippen molar-refractivity contribution in [2.75, 3.05) is 13.2 Å². The van der Waals surface area contributed by atoms with Gasteiger partial charge in [0.2, 0.25) is 11.8 Å². The lowest BCUT2D eigenvalue weighted by Crippen LogP contribution is -2.44. The molecule has 1 saturated carbocycles. The number of carbonyl (C=O) groups excluding carboxylic acids is 5. The van der Waals surface area contributed by atoms with Gasteiger partial charge in [0.05, 0.1) is 18.3 Å². The van der Waals surface area contributed by atoms with Crippen molar-refractivity contribution in [3.8, 4) is 0 Å². The third-order valence-corrected chi connectivity index (χ3v) is 5.08. The average molecular weight is 381 g/mol. The van der Waals surface area contributed by atoms with E-state index in [-0.39, 0.29) is 42.7 Å². The molecule has 0 aromatic heterocycles. The van der Waals surface area contributed by atoms with Crippen LogP contribution < -0.4 is 10.6 Å². The Hall–Kier alpha value is -2.45. The SMILES string of the molecule is CC[C@H](C)NC(=O)NC(=O)COC(=O)CCN1C(=O)[C@H]2CCCC[C@@H]2C1=O. The minimum atomic E-state index is -0.747. The molecule has 2 rings (SSSR count). The van der Waals surface area contributed by atoms with Crippen molar-refractivity contribution >= 4 is 29.7 Å². The molecule has 1 saturated heterocycles. The molecule has 5 amide bonds. The minimum absolute atomic E-state index is 0.0420. The number of urea groups is 1. The maximum absolute atomic E-state index is 12.3. The second kappa shape index (κ2) is 9.48. The van der Waals surface area contributed by atoms with Crippen LogP contribution in [0, 0.1) is 11.8 Å². The van der Waals surface area contributed by atoms with Crippen molar-refractivity contribution in [1.82, 2.24) is 15.5 Å². The van der Waals surface area contributed by atoms with Gasteiger partial charge in [0, 0.05) is 12.6 Å². The molecule has 0 aromatic rings. The number of hydrogen-bond donors (Lipinski definition) is 2. The van der Waals surface area contributed by atoms with Crippen molar-refractivity contribution in [2.24, 2.45) is 11.8 Å². The van der Waals surface area contributed by atoms with Gasteiger partial charge in [0.15, 0.2) is 6.61 Å². The molecule has 9 heteroatoms. The predicted molar refractivity (Wildman–Crippen MR) is 94.2 cm³/mol. The van der Waals surface area contributed by atoms with Crippen LogP contribution in [-0.2, 0) is 23.9 Å². The van der Waals surface area contributed by atoms with Crippen LogP contribution in [0.5, 0.6) is 0 Å². The molecule has 0 radical (unpaired) electrons. The number of imide groups is 2. The molecule has 9 nitrogen and oxygen atoms in total. The summed E-state index contributed by atoms with van der Waals surface area (Å²) < 4.78 is 4.80. The summed E-state index contributed by atoms with van der Waals surface area (Å²) in [6.45, 7) is 3.04. The molecule has 0 unspecified atom stereocenters. The van der Waals surface area contributed by atoms with Crippen LogP contribution in [0.2, 0.25) is 0 Å². The Labute approximate surface area is 158 Å². The Balaban J connectivity index is 1.70. The summed E-state index contributed by atoms with van der Waals surface area (Å²) in [7, 11) is 0. The largest absolute Gasteiger partial charge is 0.456 e. The quantitative estimate of drug-likeness (QED) is 0.495. The maximum atomic E-state index is 12.3. The lowest BCUT2D eigenvalue weighted by Gasteiger charge is -2.19. The molecule has 0 spiro atoms. The van der Waals surface area contributed by atoms with E-state index in [0.29, 0.717) is 6.42 Å². The Kier molecular flexibility index (Phi) is 7.32. The normalized spacial score (nSPS) is 22.8. The van der Waals surface area contributed by atoms with E-state index in [2.05, 4.69) is 10.6 Å². The number of nitrogens with one attached hydrogen (secondary N) is 2. The minimum Gasteiger partial charge on any atom is -0.456 e. The maximum Gasteiger partial charge on any atom is 0.321 e. The van der Waals surface area contributed by atoms with Crippen LogP contribution in [-0.4, -0.2) is 53.8 Å². The highest BCUT2D eigenvalue weighted by Crippen LogP contribution is 2.37. The average Bonchev–Trinajstić information content (AvgIpc) is 2.89. The van der Waals surface area contributed by atoms with Gasteiger partial charge >= 0.3 is 12.0 Å². The van der Waals surface area contributed by atoms with Crippen LogP contribution in [0.3, 0.4) is 0 Å². The van der Waals surface area contributed by atoms with Crippen LogP contribution >= 0.6 is 0 Å². The van der Waals surface area contributed by atoms with Gasteiger partial charge in [-0.3, -0.25) is 29.4 Å². The molecular formula is C18H27N3O6. The van der Waals surface area contributed by atoms with Gasteiger partial charge in [-0.2, -0.15) is 0 Å². The first-order valence-electron chi connectivity index (χ1n) is 9.44. The number of likely N-dealkylation sites (tertiary alicyclic amines) is 1. The van der Waals surface area contributed by atoms with E-state index in [4.69, 9.17) is 4.74 Å². The predicted octanol–water partition coefficient (Wildman–Crippen LogP) is 0.719. The first kappa shape index (κ1) is 20.9. The molecule has 27 heavy (non-hydrogen) atoms. The van der Waals surface area contributed by atoms with Crippen LogP contribution in [0.15, 0.2) is 0 Å². The molecular weight excluding hydrogens is 354 g/mol. The highest BCUT2D eigenvalue weighted by molar-refractivity contribution is 6.05. The van der Waals surface area contributed by atoms with Crippen molar-refractivity contribution in [2.45, 2.75) is 58.4 Å². The van der Waals surface area contributed by atoms with Crippen LogP contribution in [0.4, 0.5) is 4.79 Å². The summed E-state index contributed by atoms with van der Waals surface area (Å²) in [5.74, 6) is -2.38. The van der Waals surface area contributed by atoms with Crippen molar-refractivity contribution in [1.29, 1.82) is 0 Å². The standard InChI is InChI=1S/C18H27N3O6/c1-3-11(2)19-18(26)20-14(22)10-27-15(23)8-9-21-16(24)12-6-4-5-7-13(12)17(21)25/h11-13H,3-10H2,1-2H3,(H2,19,20,22,26)/t11-,12-,13-/m0/s1. The monoisotopic (exact) mass is 381 g/mol. The zero-order chi connectivity index (χ0) is 20.0. The Bertz CT molecular complexity index is 596. The van der Waals surface area contributed by atoms with Gasteiger partial charge < -0.3 is 10.1 Å². The first-order valence-corrected chi connectivity index (χ1v) is 9.44. The number of carbonyl (C=O) groups is 5. The number of rotatable bonds is 7. The fraction of sp³-hybridized carbons (Fsp3) is 0.722. The Morgan fingerprint density at radius 3 is 2.30 bits per heavy atom. The van der Waals surface area contributed by atoms with Gasteiger partial charge in [-0.1, -0.05) is 19.8 Å². The molecule has 1 aliphatic carbocycles. The molecule has 0 bridgehead atoms. The summed E-state index contributed by atoms with van der Waals surface area (Å²) in [4.78, 5) is 60.6. The zero-order valence-corrected chi connectivity index (χ0v) is 15.8. The lowest BCUT2D eigenvalue weighted by molar-refractivity contribution is -0.149. The lowest BCUT2D eigenvalue weighted by atomic mass is 9.81. The van der Waals surface area contributed by atoms with Crippen molar-refractivity contribution in [3.05, 3.63) is 0 Å². The van der Waals surface area contributed by atoms with E-state index in [1.165, 1.54) is 0 Å². The third-order valence-electron chi connectivity index (χ3n) is 5.08. The van der Waals surface area contributed by atoms with E-state index in [1.807, 2.05) is 6.92 Å². The topological polar surface area (TPSA) is 122 Å². The number of hydrogen-bond acceptors (Lipinski definition) is 6. The Morgan fingerprint density at radius 1 is 1.15 bits per heavy atom. The van der Waals surface area contributed by atoms with E-state index in [9.17, 15) is 24.0 Å². The number of amides is 5. The van der Waals surface area contributed by atoms with Crippen LogP contribution in [0.1, 0.15) is 52.4 Å². The van der Waals surface area contributed by atoms with Gasteiger partial charge in [-0.05, 0) is 26.2 Å². The number of nitrogens with zero attached hydrogens (tertiary/aromatic N) is 1. The molecule has 1 heterocycles. The molecule has 3 atom stereocenters. The molecule has 150 valence electrons. The molecule has 2 aliphatic rings. The van der Waals surface area contributed by atoms with Gasteiger partial charge in [-0.15, -0.1) is 0 Å². The van der Waals surface area contributed by atoms with E-state index in [0.717, 1.165) is 30.6 Å². The smallest absolute Gasteiger partial charge is 0.321 e. The van der Waals surface area contributed by atoms with Crippen molar-refractivity contribution in [3.63, 3.8) is 0 Å². The molecule has 2 N–H and O–H groups in total. The zero-order valence-electron chi connectivity index (χ0n) is 15.8. The van der Waals surface area contributed by atoms with E-state index < -0.39 is 24.5 Å². The van der Waals surface area contributed by atoms with E-state index in [1.54, 1.807) is 6.92 Å². The van der Waals surface area contributed by atoms with Gasteiger partial charge in [0.25, 0.3) is 5.91 Å². The summed E-state index contributed by atoms with van der Waals surface area (Å²) in [5, 5.41) is 4.61. The molecule has 2 fully saturated rings. The van der Waals surface area contributed by atoms with Crippen molar-refractivity contribution < 1.29 is 28.7 Å². The number of ether oxygens (including phenoxy) is 1. The number of esters is 1. The summed E-state index contributed by atoms with van der Waals surface area (Å²) in [6, 6.07) is -0.735. The van der Waals surface area contributed by atoms with E-state index >= 15 is 0 Å². The fourth-order valence-corrected chi connectivity index (χ4v) is 3.40. The highest BCUT2D eigenvalue weighted by atomic mass is 16.5. The molecule has 0 aromatic carbocycles. The second-order valence-corrected chi connectivity index (χ2v) is 7.07. The summed E-state index contributed by atoms with van der Waals surface area (Å²) >= 11 is 0. The summed E-state index contributed by atoms with van der Waals surface area (Å²) in [6.07, 6.45) is 3.85. The highest BCUT2D eigenvalue weighted by Gasteiger charge is 2.47. The Morgan fingerprint density at radius 2 is 1.74 bits per heavy atom.